The Morgan fingerprint density at radius 1 is 0.943 bits per heavy atom. The van der Waals surface area contributed by atoms with Crippen LogP contribution in [0.5, 0.6) is 0 Å². The number of amides is 1. The molecule has 0 bridgehead atoms. The Morgan fingerprint density at radius 3 is 2.31 bits per heavy atom. The topological polar surface area (TPSA) is 87.7 Å². The van der Waals surface area contributed by atoms with E-state index in [0.29, 0.717) is 44.5 Å². The van der Waals surface area contributed by atoms with Crippen LogP contribution in [0.3, 0.4) is 0 Å². The maximum absolute atomic E-state index is 13.3. The van der Waals surface area contributed by atoms with Crippen LogP contribution >= 0.6 is 0 Å². The summed E-state index contributed by atoms with van der Waals surface area (Å²) in [4.78, 5) is 13.8. The van der Waals surface area contributed by atoms with E-state index in [9.17, 15) is 13.2 Å². The van der Waals surface area contributed by atoms with E-state index in [0.717, 1.165) is 17.5 Å². The van der Waals surface area contributed by atoms with Crippen LogP contribution in [-0.2, 0) is 27.8 Å². The summed E-state index contributed by atoms with van der Waals surface area (Å²) in [7, 11) is -3.73. The van der Waals surface area contributed by atoms with Crippen molar-refractivity contribution in [2.75, 3.05) is 19.7 Å². The molecular weight excluding hydrogens is 462 g/mol. The zero-order valence-electron chi connectivity index (χ0n) is 20.3. The van der Waals surface area contributed by atoms with Crippen LogP contribution in [0.1, 0.15) is 36.5 Å². The number of hydrogen-bond acceptors (Lipinski definition) is 5. The van der Waals surface area contributed by atoms with Crippen molar-refractivity contribution in [3.63, 3.8) is 0 Å². The highest BCUT2D eigenvalue weighted by Crippen LogP contribution is 2.27. The zero-order valence-corrected chi connectivity index (χ0v) is 21.1. The third-order valence-corrected chi connectivity index (χ3v) is 8.08. The number of nitrogens with zero attached hydrogens (tertiary/aromatic N) is 1. The van der Waals surface area contributed by atoms with Crippen LogP contribution in [-0.4, -0.2) is 45.1 Å². The maximum atomic E-state index is 13.3. The fraction of sp³-hybridized carbons (Fsp3) is 0.370. The van der Waals surface area contributed by atoms with Gasteiger partial charge in [0.15, 0.2) is 0 Å². The number of aryl methyl sites for hydroxylation is 1. The standard InChI is InChI=1S/C27H33N3O4S/c1-3-34-27(31)30-16-14-23(15-17-30)29-35(32,33)26-13-12-22(24-10-6-7-11-25(24)26)19-28-18-21-9-5-4-8-20(21)2/h4-13,23,28-29H,3,14-19H2,1-2H3. The number of piperidine rings is 1. The molecule has 0 aromatic heterocycles. The van der Waals surface area contributed by atoms with E-state index >= 15 is 0 Å². The highest BCUT2D eigenvalue weighted by molar-refractivity contribution is 7.89. The number of rotatable bonds is 8. The second kappa shape index (κ2) is 11.2. The fourth-order valence-corrected chi connectivity index (χ4v) is 6.06. The van der Waals surface area contributed by atoms with Crippen LogP contribution in [0.15, 0.2) is 65.6 Å². The van der Waals surface area contributed by atoms with Crippen molar-refractivity contribution in [3.05, 3.63) is 77.4 Å². The minimum Gasteiger partial charge on any atom is -0.450 e. The third-order valence-electron chi connectivity index (χ3n) is 6.50. The first-order valence-electron chi connectivity index (χ1n) is 12.1. The smallest absolute Gasteiger partial charge is 0.409 e. The van der Waals surface area contributed by atoms with Crippen molar-refractivity contribution in [2.45, 2.75) is 50.7 Å². The van der Waals surface area contributed by atoms with Gasteiger partial charge in [0.1, 0.15) is 0 Å². The second-order valence-corrected chi connectivity index (χ2v) is 10.6. The maximum Gasteiger partial charge on any atom is 0.409 e. The van der Waals surface area contributed by atoms with Crippen LogP contribution in [0, 0.1) is 6.92 Å². The van der Waals surface area contributed by atoms with Crippen molar-refractivity contribution >= 4 is 26.9 Å². The molecule has 7 nitrogen and oxygen atoms in total. The average molecular weight is 496 g/mol. The minimum absolute atomic E-state index is 0.222. The van der Waals surface area contributed by atoms with Gasteiger partial charge in [-0.2, -0.15) is 0 Å². The number of fused-ring (bicyclic) bond motifs is 1. The van der Waals surface area contributed by atoms with Gasteiger partial charge in [0.2, 0.25) is 10.0 Å². The van der Waals surface area contributed by atoms with Crippen molar-refractivity contribution < 1.29 is 17.9 Å². The summed E-state index contributed by atoms with van der Waals surface area (Å²) in [5.41, 5.74) is 3.54. The lowest BCUT2D eigenvalue weighted by Crippen LogP contribution is -2.46. The molecule has 1 heterocycles. The number of nitrogens with one attached hydrogen (secondary N) is 2. The average Bonchev–Trinajstić information content (AvgIpc) is 2.85. The summed E-state index contributed by atoms with van der Waals surface area (Å²) >= 11 is 0. The first kappa shape index (κ1) is 25.2. The highest BCUT2D eigenvalue weighted by Gasteiger charge is 2.28. The molecule has 3 aromatic rings. The molecule has 0 aliphatic carbocycles. The highest BCUT2D eigenvalue weighted by atomic mass is 32.2. The summed E-state index contributed by atoms with van der Waals surface area (Å²) < 4.78 is 34.6. The van der Waals surface area contributed by atoms with Crippen LogP contribution in [0.4, 0.5) is 4.79 Å². The van der Waals surface area contributed by atoms with Crippen molar-refractivity contribution in [3.8, 4) is 0 Å². The molecule has 0 atom stereocenters. The molecule has 1 aliphatic rings. The molecule has 0 unspecified atom stereocenters. The van der Waals surface area contributed by atoms with E-state index in [1.165, 1.54) is 11.1 Å². The second-order valence-electron chi connectivity index (χ2n) is 8.88. The number of likely N-dealkylation sites (tertiary alicyclic amines) is 1. The fourth-order valence-electron chi connectivity index (χ4n) is 4.54. The van der Waals surface area contributed by atoms with E-state index in [1.807, 2.05) is 42.5 Å². The Morgan fingerprint density at radius 2 is 1.60 bits per heavy atom. The van der Waals surface area contributed by atoms with Gasteiger partial charge in [-0.1, -0.05) is 54.6 Å². The van der Waals surface area contributed by atoms with Gasteiger partial charge < -0.3 is 15.0 Å². The van der Waals surface area contributed by atoms with E-state index in [1.54, 1.807) is 17.9 Å². The minimum atomic E-state index is -3.73. The Balaban J connectivity index is 1.46. The summed E-state index contributed by atoms with van der Waals surface area (Å²) in [6, 6.07) is 19.3. The van der Waals surface area contributed by atoms with Crippen molar-refractivity contribution in [1.29, 1.82) is 0 Å². The number of hydrogen-bond donors (Lipinski definition) is 2. The Labute approximate surface area is 207 Å². The van der Waals surface area contributed by atoms with E-state index < -0.39 is 10.0 Å². The molecule has 1 aliphatic heterocycles. The molecule has 0 spiro atoms. The first-order valence-corrected chi connectivity index (χ1v) is 13.6. The van der Waals surface area contributed by atoms with E-state index in [-0.39, 0.29) is 17.0 Å². The molecule has 35 heavy (non-hydrogen) atoms. The quantitative estimate of drug-likeness (QED) is 0.486. The lowest BCUT2D eigenvalue weighted by molar-refractivity contribution is 0.0966. The Kier molecular flexibility index (Phi) is 8.05. The number of benzene rings is 3. The molecule has 2 N–H and O–H groups in total. The van der Waals surface area contributed by atoms with Gasteiger partial charge in [0.05, 0.1) is 11.5 Å². The lowest BCUT2D eigenvalue weighted by Gasteiger charge is -2.31. The molecule has 8 heteroatoms. The van der Waals surface area contributed by atoms with Gasteiger partial charge in [0.25, 0.3) is 0 Å². The summed E-state index contributed by atoms with van der Waals surface area (Å²) in [6.07, 6.45) is 0.764. The summed E-state index contributed by atoms with van der Waals surface area (Å²) in [5, 5.41) is 5.12. The first-order chi connectivity index (χ1) is 16.9. The SMILES string of the molecule is CCOC(=O)N1CCC(NS(=O)(=O)c2ccc(CNCc3ccccc3C)c3ccccc23)CC1. The zero-order chi connectivity index (χ0) is 24.8. The molecule has 4 rings (SSSR count). The predicted molar refractivity (Wildman–Crippen MR) is 138 cm³/mol. The normalized spacial score (nSPS) is 14.9. The number of ether oxygens (including phenoxy) is 1. The van der Waals surface area contributed by atoms with Gasteiger partial charge in [0, 0.05) is 37.6 Å². The monoisotopic (exact) mass is 495 g/mol. The predicted octanol–water partition coefficient (Wildman–Crippen LogP) is 4.34. The van der Waals surface area contributed by atoms with E-state index in [2.05, 4.69) is 29.1 Å². The molecular formula is C27H33N3O4S. The molecule has 1 fully saturated rings. The lowest BCUT2D eigenvalue weighted by atomic mass is 10.0. The van der Waals surface area contributed by atoms with Crippen molar-refractivity contribution in [2.24, 2.45) is 0 Å². The van der Waals surface area contributed by atoms with Crippen molar-refractivity contribution in [1.82, 2.24) is 14.9 Å². The molecule has 0 radical (unpaired) electrons. The van der Waals surface area contributed by atoms with Gasteiger partial charge in [-0.25, -0.2) is 17.9 Å². The van der Waals surface area contributed by atoms with Gasteiger partial charge in [-0.3, -0.25) is 0 Å². The Bertz CT molecular complexity index is 1280. The summed E-state index contributed by atoms with van der Waals surface area (Å²) in [6.45, 7) is 6.52. The number of sulfonamides is 1. The van der Waals surface area contributed by atoms with Crippen LogP contribution in [0.2, 0.25) is 0 Å². The Hall–Kier alpha value is -2.94. The van der Waals surface area contributed by atoms with Gasteiger partial charge in [-0.05, 0) is 54.8 Å². The largest absolute Gasteiger partial charge is 0.450 e. The molecule has 186 valence electrons. The van der Waals surface area contributed by atoms with Gasteiger partial charge in [-0.15, -0.1) is 0 Å². The summed E-state index contributed by atoms with van der Waals surface area (Å²) in [5.74, 6) is 0. The van der Waals surface area contributed by atoms with Gasteiger partial charge >= 0.3 is 6.09 Å². The molecule has 1 amide bonds. The third kappa shape index (κ3) is 6.01. The molecule has 1 saturated heterocycles. The number of carbonyl (C=O) groups excluding carboxylic acids is 1. The molecule has 3 aromatic carbocycles. The van der Waals surface area contributed by atoms with Crippen LogP contribution < -0.4 is 10.0 Å². The molecule has 0 saturated carbocycles. The van der Waals surface area contributed by atoms with E-state index in [4.69, 9.17) is 4.74 Å². The number of carbonyl (C=O) groups is 1. The van der Waals surface area contributed by atoms with Crippen LogP contribution in [0.25, 0.3) is 10.8 Å².